The molecular formula is C12H21N3O2. The lowest BCUT2D eigenvalue weighted by Gasteiger charge is -2.31. The van der Waals surface area contributed by atoms with Crippen LogP contribution in [0.25, 0.3) is 0 Å². The van der Waals surface area contributed by atoms with Crippen LogP contribution in [0.1, 0.15) is 44.3 Å². The molecule has 1 aromatic heterocycles. The number of aryl methyl sites for hydroxylation is 1. The van der Waals surface area contributed by atoms with E-state index >= 15 is 0 Å². The van der Waals surface area contributed by atoms with E-state index in [1.807, 2.05) is 0 Å². The van der Waals surface area contributed by atoms with Gasteiger partial charge in [-0.05, 0) is 12.8 Å². The number of rotatable bonds is 3. The van der Waals surface area contributed by atoms with E-state index in [-0.39, 0.29) is 0 Å². The van der Waals surface area contributed by atoms with Crippen molar-refractivity contribution in [2.75, 3.05) is 0 Å². The molecule has 1 aliphatic carbocycles. The zero-order valence-electron chi connectivity index (χ0n) is 10.3. The minimum atomic E-state index is -0.942. The second-order valence-corrected chi connectivity index (χ2v) is 5.04. The number of hydrogen-bond donors (Lipinski definition) is 2. The predicted octanol–water partition coefficient (Wildman–Crippen LogP) is 0.804. The highest BCUT2D eigenvalue weighted by Gasteiger charge is 2.36. The van der Waals surface area contributed by atoms with Crippen LogP contribution < -0.4 is 0 Å². The molecule has 2 N–H and O–H groups in total. The number of aliphatic hydroxyl groups is 2. The maximum absolute atomic E-state index is 10.5. The van der Waals surface area contributed by atoms with Gasteiger partial charge in [-0.25, -0.2) is 4.98 Å². The number of aromatic nitrogens is 3. The smallest absolute Gasteiger partial charge is 0.138 e. The van der Waals surface area contributed by atoms with Crippen LogP contribution in [0.3, 0.4) is 0 Å². The molecule has 1 saturated carbocycles. The first-order valence-corrected chi connectivity index (χ1v) is 6.35. The molecule has 1 unspecified atom stereocenters. The van der Waals surface area contributed by atoms with Crippen molar-refractivity contribution >= 4 is 0 Å². The zero-order chi connectivity index (χ0) is 12.3. The summed E-state index contributed by atoms with van der Waals surface area (Å²) in [5.74, 6) is 0.718. The minimum Gasteiger partial charge on any atom is -0.390 e. The lowest BCUT2D eigenvalue weighted by molar-refractivity contribution is -0.0846. The average Bonchev–Trinajstić information content (AvgIpc) is 2.57. The Balaban J connectivity index is 2.02. The van der Waals surface area contributed by atoms with E-state index in [0.29, 0.717) is 19.3 Å². The Kier molecular flexibility index (Phi) is 3.79. The molecule has 5 heteroatoms. The molecule has 17 heavy (non-hydrogen) atoms. The fourth-order valence-corrected chi connectivity index (χ4v) is 2.54. The van der Waals surface area contributed by atoms with Crippen LogP contribution in [0.2, 0.25) is 0 Å². The molecule has 0 radical (unpaired) electrons. The molecule has 0 bridgehead atoms. The van der Waals surface area contributed by atoms with Crippen LogP contribution in [-0.4, -0.2) is 36.7 Å². The third kappa shape index (κ3) is 2.84. The van der Waals surface area contributed by atoms with Crippen molar-refractivity contribution in [2.45, 2.75) is 56.7 Å². The Hall–Kier alpha value is -0.940. The van der Waals surface area contributed by atoms with Crippen LogP contribution in [0.4, 0.5) is 0 Å². The number of nitrogens with zero attached hydrogens (tertiary/aromatic N) is 3. The van der Waals surface area contributed by atoms with E-state index in [9.17, 15) is 10.2 Å². The predicted molar refractivity (Wildman–Crippen MR) is 63.4 cm³/mol. The molecule has 1 heterocycles. The summed E-state index contributed by atoms with van der Waals surface area (Å²) in [5, 5.41) is 24.7. The van der Waals surface area contributed by atoms with Gasteiger partial charge in [0.2, 0.25) is 0 Å². The average molecular weight is 239 g/mol. The van der Waals surface area contributed by atoms with Crippen molar-refractivity contribution in [3.63, 3.8) is 0 Å². The lowest BCUT2D eigenvalue weighted by atomic mass is 9.86. The minimum absolute atomic E-state index is 0.368. The SMILES string of the molecule is Cn1ncnc1CC(O)C1(O)CCCCCC1. The van der Waals surface area contributed by atoms with E-state index in [2.05, 4.69) is 10.1 Å². The summed E-state index contributed by atoms with van der Waals surface area (Å²) >= 11 is 0. The Labute approximate surface area is 101 Å². The molecule has 96 valence electrons. The molecule has 0 spiro atoms. The van der Waals surface area contributed by atoms with E-state index in [1.165, 1.54) is 6.33 Å². The Morgan fingerprint density at radius 1 is 1.35 bits per heavy atom. The van der Waals surface area contributed by atoms with Gasteiger partial charge < -0.3 is 10.2 Å². The van der Waals surface area contributed by atoms with Crippen molar-refractivity contribution in [1.82, 2.24) is 14.8 Å². The lowest BCUT2D eigenvalue weighted by Crippen LogP contribution is -2.43. The number of aliphatic hydroxyl groups excluding tert-OH is 1. The van der Waals surface area contributed by atoms with Crippen molar-refractivity contribution < 1.29 is 10.2 Å². The van der Waals surface area contributed by atoms with Gasteiger partial charge in [-0.3, -0.25) is 4.68 Å². The summed E-state index contributed by atoms with van der Waals surface area (Å²) in [5.41, 5.74) is -0.942. The Morgan fingerprint density at radius 2 is 2.00 bits per heavy atom. The molecule has 5 nitrogen and oxygen atoms in total. The first-order valence-electron chi connectivity index (χ1n) is 6.35. The van der Waals surface area contributed by atoms with Gasteiger partial charge in [0.15, 0.2) is 0 Å². The van der Waals surface area contributed by atoms with Gasteiger partial charge in [0.05, 0.1) is 11.7 Å². The number of hydrogen-bond acceptors (Lipinski definition) is 4. The molecule has 1 fully saturated rings. The second kappa shape index (κ2) is 5.14. The summed E-state index contributed by atoms with van der Waals surface area (Å²) in [6.07, 6.45) is 6.75. The molecule has 0 amide bonds. The Bertz CT molecular complexity index is 356. The molecule has 1 aromatic rings. The highest BCUT2D eigenvalue weighted by Crippen LogP contribution is 2.30. The standard InChI is InChI=1S/C12H21N3O2/c1-15-11(13-9-14-15)8-10(16)12(17)6-4-2-3-5-7-12/h9-10,16-17H,2-8H2,1H3. The van der Waals surface area contributed by atoms with Crippen LogP contribution in [-0.2, 0) is 13.5 Å². The van der Waals surface area contributed by atoms with Crippen LogP contribution in [0.15, 0.2) is 6.33 Å². The van der Waals surface area contributed by atoms with Crippen LogP contribution in [0.5, 0.6) is 0 Å². The second-order valence-electron chi connectivity index (χ2n) is 5.04. The van der Waals surface area contributed by atoms with Gasteiger partial charge in [-0.2, -0.15) is 5.10 Å². The summed E-state index contributed by atoms with van der Waals surface area (Å²) in [6.45, 7) is 0. The molecule has 1 atom stereocenters. The largest absolute Gasteiger partial charge is 0.390 e. The van der Waals surface area contributed by atoms with Crippen LogP contribution >= 0.6 is 0 Å². The van der Waals surface area contributed by atoms with Gasteiger partial charge in [0.25, 0.3) is 0 Å². The normalized spacial score (nSPS) is 22.1. The molecule has 1 aliphatic rings. The van der Waals surface area contributed by atoms with E-state index in [0.717, 1.165) is 31.5 Å². The van der Waals surface area contributed by atoms with Gasteiger partial charge in [-0.15, -0.1) is 0 Å². The topological polar surface area (TPSA) is 71.2 Å². The van der Waals surface area contributed by atoms with Gasteiger partial charge >= 0.3 is 0 Å². The highest BCUT2D eigenvalue weighted by molar-refractivity contribution is 4.95. The molecule has 0 saturated heterocycles. The third-order valence-electron chi connectivity index (χ3n) is 3.77. The fourth-order valence-electron chi connectivity index (χ4n) is 2.54. The third-order valence-corrected chi connectivity index (χ3v) is 3.77. The van der Waals surface area contributed by atoms with Crippen molar-refractivity contribution in [3.8, 4) is 0 Å². The van der Waals surface area contributed by atoms with Crippen LogP contribution in [0, 0.1) is 0 Å². The van der Waals surface area contributed by atoms with Crippen molar-refractivity contribution in [3.05, 3.63) is 12.2 Å². The molecular weight excluding hydrogens is 218 g/mol. The van der Waals surface area contributed by atoms with Crippen molar-refractivity contribution in [2.24, 2.45) is 7.05 Å². The quantitative estimate of drug-likeness (QED) is 0.765. The van der Waals surface area contributed by atoms with Gasteiger partial charge in [0, 0.05) is 13.5 Å². The summed E-state index contributed by atoms with van der Waals surface area (Å²) in [7, 11) is 1.80. The molecule has 0 aliphatic heterocycles. The summed E-state index contributed by atoms with van der Waals surface area (Å²) < 4.78 is 1.64. The highest BCUT2D eigenvalue weighted by atomic mass is 16.3. The van der Waals surface area contributed by atoms with Crippen molar-refractivity contribution in [1.29, 1.82) is 0 Å². The molecule has 0 aromatic carbocycles. The fraction of sp³-hybridized carbons (Fsp3) is 0.833. The first kappa shape index (κ1) is 12.5. The van der Waals surface area contributed by atoms with Gasteiger partial charge in [-0.1, -0.05) is 25.7 Å². The maximum atomic E-state index is 10.5. The first-order chi connectivity index (χ1) is 8.12. The summed E-state index contributed by atoms with van der Waals surface area (Å²) in [4.78, 5) is 4.09. The van der Waals surface area contributed by atoms with E-state index in [4.69, 9.17) is 0 Å². The Morgan fingerprint density at radius 3 is 2.53 bits per heavy atom. The summed E-state index contributed by atoms with van der Waals surface area (Å²) in [6, 6.07) is 0. The van der Waals surface area contributed by atoms with E-state index < -0.39 is 11.7 Å². The zero-order valence-corrected chi connectivity index (χ0v) is 10.3. The molecule has 2 rings (SSSR count). The van der Waals surface area contributed by atoms with Gasteiger partial charge in [0.1, 0.15) is 12.2 Å². The maximum Gasteiger partial charge on any atom is 0.138 e. The monoisotopic (exact) mass is 239 g/mol. The van der Waals surface area contributed by atoms with E-state index in [1.54, 1.807) is 11.7 Å².